The van der Waals surface area contributed by atoms with E-state index in [1.807, 2.05) is 30.3 Å². The summed E-state index contributed by atoms with van der Waals surface area (Å²) in [5.74, 6) is 1.89. The summed E-state index contributed by atoms with van der Waals surface area (Å²) in [5.41, 5.74) is 11.5. The Hall–Kier alpha value is -3.78. The summed E-state index contributed by atoms with van der Waals surface area (Å²) in [6.45, 7) is 7.67. The topological polar surface area (TPSA) is 105 Å². The molecule has 1 aromatic heterocycles. The van der Waals surface area contributed by atoms with Gasteiger partial charge < -0.3 is 15.2 Å². The van der Waals surface area contributed by atoms with E-state index in [-0.39, 0.29) is 17.5 Å². The standard InChI is InChI=1S/C30H30N4O2S/c1-19(2)7-12-25-20(3)5-4-6-22(25)18-37-30-27(16-32)28(26(15-31)29(33)34-30)21-8-10-23(11-9-21)36-24-13-14-35-17-24/h4-12,19,24H,13-14,17-18H2,1-3H3,(H2,33,34)/b12-7-. The second-order valence-corrected chi connectivity index (χ2v) is 10.3. The molecular formula is C30H30N4O2S. The normalized spacial score (nSPS) is 15.1. The molecule has 6 nitrogen and oxygen atoms in total. The van der Waals surface area contributed by atoms with Gasteiger partial charge in [-0.15, -0.1) is 11.8 Å². The van der Waals surface area contributed by atoms with E-state index in [4.69, 9.17) is 15.2 Å². The maximum absolute atomic E-state index is 10.2. The molecule has 2 N–H and O–H groups in total. The van der Waals surface area contributed by atoms with Crippen molar-refractivity contribution in [1.29, 1.82) is 10.5 Å². The highest BCUT2D eigenvalue weighted by Crippen LogP contribution is 2.38. The van der Waals surface area contributed by atoms with E-state index in [1.54, 1.807) is 0 Å². The summed E-state index contributed by atoms with van der Waals surface area (Å²) in [7, 11) is 0. The van der Waals surface area contributed by atoms with Gasteiger partial charge in [0.25, 0.3) is 0 Å². The van der Waals surface area contributed by atoms with Gasteiger partial charge in [-0.25, -0.2) is 4.98 Å². The second kappa shape index (κ2) is 12.0. The lowest BCUT2D eigenvalue weighted by molar-refractivity contribution is 0.141. The number of nitrogen functional groups attached to an aromatic ring is 1. The second-order valence-electron chi connectivity index (χ2n) is 9.32. The van der Waals surface area contributed by atoms with E-state index in [1.165, 1.54) is 22.9 Å². The van der Waals surface area contributed by atoms with Crippen molar-refractivity contribution < 1.29 is 9.47 Å². The number of hydrogen-bond acceptors (Lipinski definition) is 7. The molecule has 1 saturated heterocycles. The fraction of sp³-hybridized carbons (Fsp3) is 0.300. The van der Waals surface area contributed by atoms with E-state index in [9.17, 15) is 10.5 Å². The van der Waals surface area contributed by atoms with Gasteiger partial charge in [-0.05, 0) is 47.2 Å². The molecule has 7 heteroatoms. The molecule has 1 unspecified atom stereocenters. The number of hydrogen-bond donors (Lipinski definition) is 1. The van der Waals surface area contributed by atoms with Gasteiger partial charge in [-0.1, -0.05) is 56.3 Å². The summed E-state index contributed by atoms with van der Waals surface area (Å²) in [5, 5.41) is 20.5. The first-order chi connectivity index (χ1) is 17.9. The van der Waals surface area contributed by atoms with Crippen LogP contribution in [0.4, 0.5) is 5.82 Å². The highest BCUT2D eigenvalue weighted by molar-refractivity contribution is 7.98. The Balaban J connectivity index is 1.67. The monoisotopic (exact) mass is 510 g/mol. The Morgan fingerprint density at radius 2 is 1.92 bits per heavy atom. The third-order valence-electron chi connectivity index (χ3n) is 6.18. The summed E-state index contributed by atoms with van der Waals surface area (Å²) >= 11 is 1.45. The lowest BCUT2D eigenvalue weighted by Crippen LogP contribution is -2.15. The van der Waals surface area contributed by atoms with Gasteiger partial charge in [-0.3, -0.25) is 0 Å². The van der Waals surface area contributed by atoms with Crippen molar-refractivity contribution in [2.75, 3.05) is 18.9 Å². The Labute approximate surface area is 222 Å². The summed E-state index contributed by atoms with van der Waals surface area (Å²) in [4.78, 5) is 4.47. The zero-order valence-electron chi connectivity index (χ0n) is 21.3. The SMILES string of the molecule is Cc1cccc(CSc2nc(N)c(C#N)c(-c3ccc(OC4CCOC4)cc3)c2C#N)c1/C=C\C(C)C. The van der Waals surface area contributed by atoms with Gasteiger partial charge in [0.2, 0.25) is 0 Å². The fourth-order valence-corrected chi connectivity index (χ4v) is 5.23. The van der Waals surface area contributed by atoms with Gasteiger partial charge in [0.05, 0.1) is 18.8 Å². The quantitative estimate of drug-likeness (QED) is 0.344. The molecule has 0 amide bonds. The van der Waals surface area contributed by atoms with Crippen molar-refractivity contribution in [3.05, 3.63) is 76.4 Å². The first-order valence-electron chi connectivity index (χ1n) is 12.3. The highest BCUT2D eigenvalue weighted by atomic mass is 32.2. The van der Waals surface area contributed by atoms with E-state index in [2.05, 4.69) is 62.2 Å². The number of benzene rings is 2. The first kappa shape index (κ1) is 26.3. The maximum Gasteiger partial charge on any atom is 0.143 e. The number of anilines is 1. The minimum absolute atomic E-state index is 0.0386. The Morgan fingerprint density at radius 1 is 1.16 bits per heavy atom. The summed E-state index contributed by atoms with van der Waals surface area (Å²) in [6.07, 6.45) is 5.24. The molecule has 1 aliphatic rings. The average Bonchev–Trinajstić information content (AvgIpc) is 3.40. The molecular weight excluding hydrogens is 480 g/mol. The van der Waals surface area contributed by atoms with Crippen LogP contribution in [-0.4, -0.2) is 24.3 Å². The minimum Gasteiger partial charge on any atom is -0.488 e. The number of nitrogens with two attached hydrogens (primary N) is 1. The molecule has 4 rings (SSSR count). The molecule has 1 atom stereocenters. The lowest BCUT2D eigenvalue weighted by Gasteiger charge is -2.15. The van der Waals surface area contributed by atoms with Crippen molar-refractivity contribution in [3.8, 4) is 29.0 Å². The molecule has 0 saturated carbocycles. The van der Waals surface area contributed by atoms with Crippen molar-refractivity contribution in [2.24, 2.45) is 5.92 Å². The molecule has 2 heterocycles. The van der Waals surface area contributed by atoms with Crippen molar-refractivity contribution in [1.82, 2.24) is 4.98 Å². The van der Waals surface area contributed by atoms with E-state index >= 15 is 0 Å². The number of rotatable bonds is 8. The molecule has 1 aliphatic heterocycles. The fourth-order valence-electron chi connectivity index (χ4n) is 4.23. The van der Waals surface area contributed by atoms with Gasteiger partial charge in [0, 0.05) is 17.7 Å². The Bertz CT molecular complexity index is 1380. The number of allylic oxidation sites excluding steroid dienone is 1. The lowest BCUT2D eigenvalue weighted by atomic mass is 9.97. The zero-order chi connectivity index (χ0) is 26.4. The van der Waals surface area contributed by atoms with Gasteiger partial charge in [0.15, 0.2) is 0 Å². The maximum atomic E-state index is 10.2. The molecule has 0 spiro atoms. The Morgan fingerprint density at radius 3 is 2.57 bits per heavy atom. The van der Waals surface area contributed by atoms with Crippen LogP contribution in [0.15, 0.2) is 53.6 Å². The van der Waals surface area contributed by atoms with E-state index in [0.29, 0.717) is 46.8 Å². The van der Waals surface area contributed by atoms with Crippen LogP contribution >= 0.6 is 11.8 Å². The first-order valence-corrected chi connectivity index (χ1v) is 13.3. The predicted octanol–water partition coefficient (Wildman–Crippen LogP) is 6.51. The molecule has 2 aromatic carbocycles. The van der Waals surface area contributed by atoms with Gasteiger partial charge >= 0.3 is 0 Å². The third kappa shape index (κ3) is 6.14. The van der Waals surface area contributed by atoms with Crippen molar-refractivity contribution in [3.63, 3.8) is 0 Å². The van der Waals surface area contributed by atoms with Crippen molar-refractivity contribution >= 4 is 23.7 Å². The number of aromatic nitrogens is 1. The van der Waals surface area contributed by atoms with Crippen LogP contribution in [0.5, 0.6) is 5.75 Å². The predicted molar refractivity (Wildman–Crippen MR) is 148 cm³/mol. The number of pyridine rings is 1. The van der Waals surface area contributed by atoms with Crippen LogP contribution in [0.3, 0.4) is 0 Å². The molecule has 0 bridgehead atoms. The van der Waals surface area contributed by atoms with E-state index < -0.39 is 0 Å². The molecule has 1 fully saturated rings. The number of aryl methyl sites for hydroxylation is 1. The van der Waals surface area contributed by atoms with Crippen LogP contribution < -0.4 is 10.5 Å². The molecule has 3 aromatic rings. The molecule has 0 radical (unpaired) electrons. The number of ether oxygens (including phenoxy) is 2. The van der Waals surface area contributed by atoms with Gasteiger partial charge in [0.1, 0.15) is 40.4 Å². The minimum atomic E-state index is 0.0386. The number of thioether (sulfide) groups is 1. The molecule has 0 aliphatic carbocycles. The van der Waals surface area contributed by atoms with E-state index in [0.717, 1.165) is 17.5 Å². The Kier molecular flexibility index (Phi) is 8.50. The molecule has 188 valence electrons. The highest BCUT2D eigenvalue weighted by Gasteiger charge is 2.22. The average molecular weight is 511 g/mol. The number of nitriles is 2. The zero-order valence-corrected chi connectivity index (χ0v) is 22.1. The largest absolute Gasteiger partial charge is 0.488 e. The van der Waals surface area contributed by atoms with Crippen LogP contribution in [0.2, 0.25) is 0 Å². The number of nitrogens with zero attached hydrogens (tertiary/aromatic N) is 3. The smallest absolute Gasteiger partial charge is 0.143 e. The summed E-state index contributed by atoms with van der Waals surface area (Å²) < 4.78 is 11.3. The molecule has 37 heavy (non-hydrogen) atoms. The van der Waals surface area contributed by atoms with Crippen LogP contribution in [0.25, 0.3) is 17.2 Å². The van der Waals surface area contributed by atoms with Crippen LogP contribution in [-0.2, 0) is 10.5 Å². The van der Waals surface area contributed by atoms with Crippen molar-refractivity contribution in [2.45, 2.75) is 44.1 Å². The van der Waals surface area contributed by atoms with Crippen LogP contribution in [0, 0.1) is 35.5 Å². The van der Waals surface area contributed by atoms with Crippen LogP contribution in [0.1, 0.15) is 48.1 Å². The third-order valence-corrected chi connectivity index (χ3v) is 7.20. The summed E-state index contributed by atoms with van der Waals surface area (Å²) in [6, 6.07) is 18.1. The van der Waals surface area contributed by atoms with Gasteiger partial charge in [-0.2, -0.15) is 10.5 Å².